The van der Waals surface area contributed by atoms with Gasteiger partial charge in [-0.25, -0.2) is 14.8 Å². The third-order valence-electron chi connectivity index (χ3n) is 13.0. The number of rotatable bonds is 11. The van der Waals surface area contributed by atoms with Crippen LogP contribution in [0, 0.1) is 37.0 Å². The van der Waals surface area contributed by atoms with Gasteiger partial charge in [-0.2, -0.15) is 5.10 Å². The van der Waals surface area contributed by atoms with E-state index in [1.54, 1.807) is 11.3 Å². The molecule has 2 unspecified atom stereocenters. The molecule has 4 aromatic heterocycles. The summed E-state index contributed by atoms with van der Waals surface area (Å²) in [6.07, 6.45) is 10.4. The van der Waals surface area contributed by atoms with Crippen molar-refractivity contribution in [1.82, 2.24) is 34.8 Å². The summed E-state index contributed by atoms with van der Waals surface area (Å²) >= 11 is 1.59. The van der Waals surface area contributed by atoms with Crippen LogP contribution in [-0.2, 0) is 17.7 Å². The van der Waals surface area contributed by atoms with Crippen LogP contribution in [0.15, 0.2) is 36.5 Å². The van der Waals surface area contributed by atoms with E-state index in [9.17, 15) is 9.90 Å². The first kappa shape index (κ1) is 37.1. The molecule has 5 aliphatic rings. The van der Waals surface area contributed by atoms with Crippen LogP contribution in [0.5, 0.6) is 0 Å². The van der Waals surface area contributed by atoms with Gasteiger partial charge in [-0.1, -0.05) is 31.3 Å². The highest BCUT2D eigenvalue weighted by molar-refractivity contribution is 7.22. The predicted octanol–water partition coefficient (Wildman–Crippen LogP) is 8.49. The highest BCUT2D eigenvalue weighted by atomic mass is 32.1. The number of nitrogens with zero attached hydrogens (tertiary/aromatic N) is 8. The minimum Gasteiger partial charge on any atom is -0.476 e. The Morgan fingerprint density at radius 3 is 2.52 bits per heavy atom. The van der Waals surface area contributed by atoms with Gasteiger partial charge in [0.15, 0.2) is 22.5 Å². The van der Waals surface area contributed by atoms with Crippen LogP contribution in [0.2, 0.25) is 0 Å². The average molecular weight is 776 g/mol. The van der Waals surface area contributed by atoms with Crippen molar-refractivity contribution in [3.8, 4) is 11.1 Å². The predicted molar refractivity (Wildman–Crippen MR) is 220 cm³/mol. The van der Waals surface area contributed by atoms with E-state index in [0.717, 1.165) is 89.5 Å². The highest BCUT2D eigenvalue weighted by Gasteiger charge is 2.66. The van der Waals surface area contributed by atoms with E-state index < -0.39 is 5.97 Å². The second-order valence-corrected chi connectivity index (χ2v) is 19.6. The van der Waals surface area contributed by atoms with E-state index >= 15 is 0 Å². The molecule has 0 spiro atoms. The number of carboxylic acids is 1. The van der Waals surface area contributed by atoms with E-state index in [2.05, 4.69) is 92.0 Å². The fourth-order valence-electron chi connectivity index (χ4n) is 11.9. The third-order valence-corrected chi connectivity index (χ3v) is 13.9. The first-order valence-electron chi connectivity index (χ1n) is 20.0. The van der Waals surface area contributed by atoms with Gasteiger partial charge in [0, 0.05) is 47.6 Å². The van der Waals surface area contributed by atoms with Gasteiger partial charge in [-0.05, 0) is 132 Å². The van der Waals surface area contributed by atoms with Crippen LogP contribution in [0.4, 0.5) is 22.6 Å². The largest absolute Gasteiger partial charge is 0.476 e. The number of hydrogen-bond donors (Lipinski definition) is 2. The number of pyridine rings is 1. The summed E-state index contributed by atoms with van der Waals surface area (Å²) in [4.78, 5) is 26.7. The zero-order valence-corrected chi connectivity index (χ0v) is 34.5. The minimum absolute atomic E-state index is 0.00869. The van der Waals surface area contributed by atoms with Gasteiger partial charge in [0.2, 0.25) is 0 Å². The van der Waals surface area contributed by atoms with Crippen LogP contribution < -0.4 is 10.2 Å². The first-order valence-corrected chi connectivity index (χ1v) is 20.8. The van der Waals surface area contributed by atoms with Crippen LogP contribution in [0.1, 0.15) is 91.7 Å². The van der Waals surface area contributed by atoms with E-state index in [0.29, 0.717) is 29.6 Å². The molecule has 10 rings (SSSR count). The number of aryl methyl sites for hydroxylation is 1. The van der Waals surface area contributed by atoms with Crippen molar-refractivity contribution < 1.29 is 14.6 Å². The Balaban J connectivity index is 0.982. The lowest BCUT2D eigenvalue weighted by molar-refractivity contribution is -0.248. The summed E-state index contributed by atoms with van der Waals surface area (Å²) in [5.41, 5.74) is 7.01. The summed E-state index contributed by atoms with van der Waals surface area (Å²) in [5.74, 6) is 0.856. The topological polar surface area (TPSA) is 134 Å². The van der Waals surface area contributed by atoms with Crippen LogP contribution in [-0.4, -0.2) is 85.3 Å². The maximum atomic E-state index is 12.9. The maximum Gasteiger partial charge on any atom is 0.355 e. The molecule has 0 amide bonds. The average Bonchev–Trinajstić information content (AvgIpc) is 3.68. The number of likely N-dealkylation sites (N-methyl/N-ethyl adjacent to an activating group) is 1. The number of aromatic carboxylic acids is 1. The second-order valence-electron chi connectivity index (χ2n) is 18.5. The zero-order chi connectivity index (χ0) is 39.2. The van der Waals surface area contributed by atoms with Crippen molar-refractivity contribution >= 4 is 50.1 Å². The van der Waals surface area contributed by atoms with Crippen molar-refractivity contribution in [3.63, 3.8) is 0 Å². The number of anilines is 4. The smallest absolute Gasteiger partial charge is 0.355 e. The molecule has 12 nitrogen and oxygen atoms in total. The number of fused-ring (bicyclic) bond motifs is 2. The lowest BCUT2D eigenvalue weighted by Gasteiger charge is -2.69. The van der Waals surface area contributed by atoms with Crippen LogP contribution >= 0.6 is 11.3 Å². The normalized spacial score (nSPS) is 26.7. The molecule has 5 heterocycles. The molecule has 4 saturated carbocycles. The molecule has 0 radical (unpaired) electrons. The molecule has 5 aromatic rings. The number of carbonyl (C=O) groups is 1. The molecule has 2 atom stereocenters. The van der Waals surface area contributed by atoms with Gasteiger partial charge in [0.1, 0.15) is 5.82 Å². The Kier molecular flexibility index (Phi) is 8.83. The first-order chi connectivity index (χ1) is 26.6. The van der Waals surface area contributed by atoms with Gasteiger partial charge in [0.05, 0.1) is 28.6 Å². The lowest BCUT2D eigenvalue weighted by atomic mass is 9.39. The fraction of sp³-hybridized carbons (Fsp3) is 0.535. The Hall–Kier alpha value is -4.46. The molecular formula is C43H53N9O3S. The van der Waals surface area contributed by atoms with E-state index in [4.69, 9.17) is 19.8 Å². The van der Waals surface area contributed by atoms with Crippen molar-refractivity contribution in [2.75, 3.05) is 44.0 Å². The van der Waals surface area contributed by atoms with Crippen molar-refractivity contribution in [2.24, 2.45) is 16.2 Å². The van der Waals surface area contributed by atoms with E-state index in [1.807, 2.05) is 23.2 Å². The van der Waals surface area contributed by atoms with Gasteiger partial charge >= 0.3 is 5.97 Å². The Bertz CT molecular complexity index is 2350. The Morgan fingerprint density at radius 2 is 1.77 bits per heavy atom. The van der Waals surface area contributed by atoms with Crippen molar-refractivity contribution in [3.05, 3.63) is 64.6 Å². The summed E-state index contributed by atoms with van der Waals surface area (Å²) in [6.45, 7) is 14.3. The lowest BCUT2D eigenvalue weighted by Crippen LogP contribution is -2.64. The standard InChI is InChI=1S/C43H53N9O3S/c1-26-10-12-33-32(17-26)45-39(56-33)47-36-27(2)29-9-8-14-51(37(29)49-48-36)34-13-11-30(35(46-34)38(53)54)31-18-44-52(28(31)3)25-42-20-40(4)19-41(5,21-42)23-43(22-40,24-42)55-16-15-50(6)7/h10-13,17-18H,8-9,14-16,19-25H2,1-7H3,(H,53,54)(H,45,47,48). The summed E-state index contributed by atoms with van der Waals surface area (Å²) < 4.78 is 10.1. The van der Waals surface area contributed by atoms with Crippen LogP contribution in [0.25, 0.3) is 21.3 Å². The number of aromatic nitrogens is 6. The zero-order valence-electron chi connectivity index (χ0n) is 33.7. The Morgan fingerprint density at radius 1 is 0.982 bits per heavy atom. The molecule has 4 fully saturated rings. The molecule has 0 saturated heterocycles. The number of nitrogens with one attached hydrogen (secondary N) is 1. The fourth-order valence-corrected chi connectivity index (χ4v) is 12.7. The summed E-state index contributed by atoms with van der Waals surface area (Å²) in [7, 11) is 4.21. The summed E-state index contributed by atoms with van der Waals surface area (Å²) in [6, 6.07) is 10.1. The third kappa shape index (κ3) is 6.55. The second kappa shape index (κ2) is 13.3. The molecule has 13 heteroatoms. The molecule has 1 aliphatic heterocycles. The number of benzene rings is 1. The molecular weight excluding hydrogens is 723 g/mol. The quantitative estimate of drug-likeness (QED) is 0.134. The maximum absolute atomic E-state index is 12.9. The number of carboxylic acid groups (broad SMARTS) is 1. The van der Waals surface area contributed by atoms with E-state index in [-0.39, 0.29) is 27.5 Å². The summed E-state index contributed by atoms with van der Waals surface area (Å²) in [5, 5.41) is 29.0. The van der Waals surface area contributed by atoms with Gasteiger partial charge in [-0.15, -0.1) is 10.2 Å². The SMILES string of the molecule is Cc1ccc2sc(Nc3nnc4c(c3C)CCCN4c3ccc(-c4cnn(CC56CC7(C)CC(C)(C5)CC(OCCN(C)C)(C7)C6)c4C)c(C(=O)O)n3)nc2c1. The number of thiazole rings is 1. The van der Waals surface area contributed by atoms with E-state index in [1.165, 1.54) is 24.8 Å². The van der Waals surface area contributed by atoms with Crippen molar-refractivity contribution in [1.29, 1.82) is 0 Å². The molecule has 294 valence electrons. The molecule has 4 aliphatic carbocycles. The molecule has 56 heavy (non-hydrogen) atoms. The van der Waals surface area contributed by atoms with Crippen LogP contribution in [0.3, 0.4) is 0 Å². The van der Waals surface area contributed by atoms with Crippen molar-refractivity contribution in [2.45, 2.75) is 98.1 Å². The monoisotopic (exact) mass is 775 g/mol. The number of hydrogen-bond acceptors (Lipinski definition) is 11. The van der Waals surface area contributed by atoms with Gasteiger partial charge in [0.25, 0.3) is 0 Å². The van der Waals surface area contributed by atoms with Gasteiger partial charge in [-0.3, -0.25) is 4.68 Å². The van der Waals surface area contributed by atoms with Gasteiger partial charge < -0.3 is 25.0 Å². The molecule has 2 N–H and O–H groups in total. The highest BCUT2D eigenvalue weighted by Crippen LogP contribution is 2.72. The number of ether oxygens (including phenoxy) is 1. The minimum atomic E-state index is -1.07. The Labute approximate surface area is 332 Å². The molecule has 4 bridgehead atoms. The molecule has 1 aromatic carbocycles.